The van der Waals surface area contributed by atoms with Crippen LogP contribution in [0.25, 0.3) is 0 Å². The Morgan fingerprint density at radius 3 is 2.13 bits per heavy atom. The lowest BCUT2D eigenvalue weighted by molar-refractivity contribution is -0.141. The molecule has 2 atom stereocenters. The third kappa shape index (κ3) is 5.60. The Labute approximate surface area is 92.4 Å². The van der Waals surface area contributed by atoms with Crippen molar-refractivity contribution in [2.75, 3.05) is 25.6 Å². The number of likely N-dealkylation sites (N-methyl/N-ethyl adjacent to an activating group) is 1. The van der Waals surface area contributed by atoms with Gasteiger partial charge in [-0.1, -0.05) is 0 Å². The summed E-state index contributed by atoms with van der Waals surface area (Å²) in [5, 5.41) is 17.3. The predicted octanol–water partition coefficient (Wildman–Crippen LogP) is -0.854. The normalized spacial score (nSPS) is 14.9. The number of aliphatic carboxylic acids is 2. The molecule has 0 aromatic rings. The molecule has 0 aliphatic rings. The number of nitrogens with two attached hydrogens (primary N) is 1. The van der Waals surface area contributed by atoms with Crippen molar-refractivity contribution in [3.63, 3.8) is 0 Å². The minimum atomic E-state index is -1.07. The first-order chi connectivity index (χ1) is 6.86. The van der Waals surface area contributed by atoms with Crippen molar-refractivity contribution in [2.24, 2.45) is 5.73 Å². The van der Waals surface area contributed by atoms with Crippen molar-refractivity contribution in [3.8, 4) is 0 Å². The molecule has 6 nitrogen and oxygen atoms in total. The van der Waals surface area contributed by atoms with Gasteiger partial charge >= 0.3 is 11.9 Å². The monoisotopic (exact) mass is 236 g/mol. The molecule has 0 aliphatic carbocycles. The average molecular weight is 236 g/mol. The lowest BCUT2D eigenvalue weighted by Crippen LogP contribution is -2.39. The summed E-state index contributed by atoms with van der Waals surface area (Å²) in [7, 11) is 3.33. The molecule has 0 rings (SSSR count). The zero-order chi connectivity index (χ0) is 12.0. The van der Waals surface area contributed by atoms with E-state index in [1.807, 2.05) is 0 Å². The second-order valence-corrected chi connectivity index (χ2v) is 4.37. The van der Waals surface area contributed by atoms with Crippen molar-refractivity contribution in [1.29, 1.82) is 0 Å². The molecular weight excluding hydrogens is 220 g/mol. The molecule has 0 spiro atoms. The molecule has 88 valence electrons. The number of hydrogen-bond acceptors (Lipinski definition) is 5. The number of hydrogen-bond donors (Lipinski definition) is 3. The molecule has 0 heterocycles. The van der Waals surface area contributed by atoms with Crippen molar-refractivity contribution >= 4 is 23.7 Å². The first kappa shape index (κ1) is 14.2. The summed E-state index contributed by atoms with van der Waals surface area (Å²) >= 11 is 1.23. The maximum Gasteiger partial charge on any atom is 0.321 e. The Bertz CT molecular complexity index is 235. The van der Waals surface area contributed by atoms with E-state index in [9.17, 15) is 9.59 Å². The highest BCUT2D eigenvalue weighted by atomic mass is 32.2. The van der Waals surface area contributed by atoms with Gasteiger partial charge in [-0.25, -0.2) is 0 Å². The second kappa shape index (κ2) is 6.65. The molecule has 0 bridgehead atoms. The van der Waals surface area contributed by atoms with Crippen LogP contribution in [0.4, 0.5) is 0 Å². The van der Waals surface area contributed by atoms with Crippen molar-refractivity contribution in [2.45, 2.75) is 12.1 Å². The molecule has 0 amide bonds. The number of carboxylic acid groups (broad SMARTS) is 2. The van der Waals surface area contributed by atoms with E-state index in [4.69, 9.17) is 15.9 Å². The minimum absolute atomic E-state index is 0.215. The molecule has 0 aliphatic heterocycles. The molecular formula is C8H16N2O4S. The van der Waals surface area contributed by atoms with Gasteiger partial charge in [0.2, 0.25) is 0 Å². The fraction of sp³-hybridized carbons (Fsp3) is 0.750. The van der Waals surface area contributed by atoms with Crippen LogP contribution in [-0.4, -0.2) is 64.7 Å². The average Bonchev–Trinajstić information content (AvgIpc) is 2.10. The van der Waals surface area contributed by atoms with Crippen LogP contribution in [0.2, 0.25) is 0 Å². The van der Waals surface area contributed by atoms with Crippen LogP contribution in [0.1, 0.15) is 0 Å². The van der Waals surface area contributed by atoms with Gasteiger partial charge in [0.05, 0.1) is 0 Å². The van der Waals surface area contributed by atoms with E-state index in [-0.39, 0.29) is 5.75 Å². The van der Waals surface area contributed by atoms with Crippen LogP contribution in [0, 0.1) is 0 Å². The van der Waals surface area contributed by atoms with E-state index in [1.165, 1.54) is 11.8 Å². The Hall–Kier alpha value is -0.790. The van der Waals surface area contributed by atoms with Crippen LogP contribution in [-0.2, 0) is 9.59 Å². The maximum absolute atomic E-state index is 10.7. The molecule has 0 saturated carbocycles. The zero-order valence-electron chi connectivity index (χ0n) is 8.71. The fourth-order valence-electron chi connectivity index (χ4n) is 0.819. The van der Waals surface area contributed by atoms with E-state index in [0.29, 0.717) is 5.75 Å². The number of carbonyl (C=O) groups is 2. The van der Waals surface area contributed by atoms with Gasteiger partial charge in [-0.3, -0.25) is 14.5 Å². The minimum Gasteiger partial charge on any atom is -0.480 e. The second-order valence-electron chi connectivity index (χ2n) is 3.30. The first-order valence-electron chi connectivity index (χ1n) is 4.31. The first-order valence-corrected chi connectivity index (χ1v) is 5.47. The van der Waals surface area contributed by atoms with Crippen LogP contribution in [0.15, 0.2) is 0 Å². The van der Waals surface area contributed by atoms with Crippen LogP contribution in [0.3, 0.4) is 0 Å². The van der Waals surface area contributed by atoms with E-state index in [0.717, 1.165) is 0 Å². The standard InChI is InChI=1S/C8H16N2O4S/c1-10(2)6(8(13)14)4-15-3-5(9)7(11)12/h5-6H,3-4,9H2,1-2H3,(H,11,12)(H,13,14). The van der Waals surface area contributed by atoms with Gasteiger partial charge in [0.15, 0.2) is 0 Å². The van der Waals surface area contributed by atoms with Gasteiger partial charge in [-0.2, -0.15) is 11.8 Å². The van der Waals surface area contributed by atoms with Gasteiger partial charge in [-0.05, 0) is 14.1 Å². The van der Waals surface area contributed by atoms with Gasteiger partial charge in [0.25, 0.3) is 0 Å². The molecule has 0 aromatic heterocycles. The SMILES string of the molecule is CN(C)C(CSCC(N)C(=O)O)C(=O)O. The maximum atomic E-state index is 10.7. The summed E-state index contributed by atoms with van der Waals surface area (Å²) < 4.78 is 0. The predicted molar refractivity (Wildman–Crippen MR) is 58.0 cm³/mol. The molecule has 15 heavy (non-hydrogen) atoms. The third-order valence-electron chi connectivity index (χ3n) is 1.80. The quantitative estimate of drug-likeness (QED) is 0.528. The largest absolute Gasteiger partial charge is 0.480 e. The third-order valence-corrected chi connectivity index (χ3v) is 2.94. The molecule has 0 saturated heterocycles. The van der Waals surface area contributed by atoms with Gasteiger partial charge in [0.1, 0.15) is 12.1 Å². The number of thioether (sulfide) groups is 1. The zero-order valence-corrected chi connectivity index (χ0v) is 9.53. The molecule has 0 fully saturated rings. The molecule has 0 radical (unpaired) electrons. The van der Waals surface area contributed by atoms with Crippen molar-refractivity contribution in [1.82, 2.24) is 4.90 Å². The van der Waals surface area contributed by atoms with Crippen molar-refractivity contribution in [3.05, 3.63) is 0 Å². The highest BCUT2D eigenvalue weighted by molar-refractivity contribution is 7.99. The summed E-state index contributed by atoms with van der Waals surface area (Å²) in [6, 6.07) is -1.55. The molecule has 0 aromatic carbocycles. The summed E-state index contributed by atoms with van der Waals surface area (Å²) in [6.07, 6.45) is 0. The highest BCUT2D eigenvalue weighted by Gasteiger charge is 2.20. The van der Waals surface area contributed by atoms with E-state index < -0.39 is 24.0 Å². The van der Waals surface area contributed by atoms with E-state index >= 15 is 0 Å². The van der Waals surface area contributed by atoms with Crippen molar-refractivity contribution < 1.29 is 19.8 Å². The van der Waals surface area contributed by atoms with Gasteiger partial charge in [-0.15, -0.1) is 0 Å². The lowest BCUT2D eigenvalue weighted by atomic mass is 10.3. The van der Waals surface area contributed by atoms with Crippen LogP contribution in [0.5, 0.6) is 0 Å². The summed E-state index contributed by atoms with van der Waals surface area (Å²) in [4.78, 5) is 22.7. The van der Waals surface area contributed by atoms with E-state index in [2.05, 4.69) is 0 Å². The number of nitrogens with zero attached hydrogens (tertiary/aromatic N) is 1. The van der Waals surface area contributed by atoms with E-state index in [1.54, 1.807) is 19.0 Å². The molecule has 2 unspecified atom stereocenters. The molecule has 4 N–H and O–H groups in total. The smallest absolute Gasteiger partial charge is 0.321 e. The van der Waals surface area contributed by atoms with Gasteiger partial charge < -0.3 is 15.9 Å². The van der Waals surface area contributed by atoms with Gasteiger partial charge in [0, 0.05) is 11.5 Å². The number of carboxylic acids is 2. The Kier molecular flexibility index (Phi) is 6.30. The summed E-state index contributed by atoms with van der Waals surface area (Å²) in [5.74, 6) is -1.45. The molecule has 7 heteroatoms. The number of rotatable bonds is 7. The fourth-order valence-corrected chi connectivity index (χ4v) is 2.02. The Morgan fingerprint density at radius 1 is 1.27 bits per heavy atom. The van der Waals surface area contributed by atoms with Crippen LogP contribution < -0.4 is 5.73 Å². The summed E-state index contributed by atoms with van der Waals surface area (Å²) in [5.41, 5.74) is 5.27. The summed E-state index contributed by atoms with van der Waals surface area (Å²) in [6.45, 7) is 0. The Morgan fingerprint density at radius 2 is 1.80 bits per heavy atom. The highest BCUT2D eigenvalue weighted by Crippen LogP contribution is 2.08. The Balaban J connectivity index is 3.92. The lowest BCUT2D eigenvalue weighted by Gasteiger charge is -2.19. The van der Waals surface area contributed by atoms with Crippen LogP contribution >= 0.6 is 11.8 Å². The topological polar surface area (TPSA) is 104 Å².